The molecule has 1 aromatic heterocycles. The zero-order valence-corrected chi connectivity index (χ0v) is 18.0. The van der Waals surface area contributed by atoms with E-state index in [9.17, 15) is 0 Å². The molecule has 5 rings (SSSR count). The summed E-state index contributed by atoms with van der Waals surface area (Å²) in [4.78, 5) is 9.09. The summed E-state index contributed by atoms with van der Waals surface area (Å²) in [5.41, 5.74) is 7.79. The Kier molecular flexibility index (Phi) is 4.09. The largest absolute Gasteiger partial charge is 0.384 e. The van der Waals surface area contributed by atoms with Crippen molar-refractivity contribution >= 4 is 39.5 Å². The molecule has 1 aromatic carbocycles. The highest BCUT2D eigenvalue weighted by Gasteiger charge is 2.64. The first-order valence-corrected chi connectivity index (χ1v) is 10.7. The third kappa shape index (κ3) is 2.48. The SMILES string of the molecule is COC[C@@H]1C[C@]12N=C(c1ccc(Cl)cc1)c1c(sc(C)c1C)N1C(C)=NNC12. The van der Waals surface area contributed by atoms with Gasteiger partial charge in [-0.05, 0) is 44.9 Å². The molecule has 0 amide bonds. The van der Waals surface area contributed by atoms with Crippen LogP contribution in [0, 0.1) is 19.8 Å². The fourth-order valence-electron chi connectivity index (χ4n) is 4.46. The molecule has 146 valence electrons. The van der Waals surface area contributed by atoms with Gasteiger partial charge in [-0.25, -0.2) is 0 Å². The number of halogens is 1. The average molecular weight is 415 g/mol. The van der Waals surface area contributed by atoms with Crippen LogP contribution in [0.2, 0.25) is 5.02 Å². The Labute approximate surface area is 174 Å². The Morgan fingerprint density at radius 1 is 1.29 bits per heavy atom. The minimum atomic E-state index is -0.245. The first-order chi connectivity index (χ1) is 13.5. The molecule has 1 saturated carbocycles. The highest BCUT2D eigenvalue weighted by atomic mass is 35.5. The van der Waals surface area contributed by atoms with Crippen LogP contribution < -0.4 is 10.3 Å². The number of nitrogens with one attached hydrogen (secondary N) is 1. The zero-order chi connectivity index (χ0) is 19.6. The van der Waals surface area contributed by atoms with E-state index in [-0.39, 0.29) is 11.7 Å². The highest BCUT2D eigenvalue weighted by Crippen LogP contribution is 2.56. The van der Waals surface area contributed by atoms with Crippen molar-refractivity contribution in [1.29, 1.82) is 0 Å². The Bertz CT molecular complexity index is 1010. The topological polar surface area (TPSA) is 49.2 Å². The van der Waals surface area contributed by atoms with Crippen LogP contribution in [0.5, 0.6) is 0 Å². The van der Waals surface area contributed by atoms with Crippen LogP contribution in [0.4, 0.5) is 5.00 Å². The molecule has 28 heavy (non-hydrogen) atoms. The third-order valence-corrected chi connectivity index (χ3v) is 7.64. The van der Waals surface area contributed by atoms with E-state index in [2.05, 4.69) is 48.3 Å². The molecule has 5 nitrogen and oxygen atoms in total. The minimum absolute atomic E-state index is 0.0219. The molecule has 1 spiro atoms. The summed E-state index contributed by atoms with van der Waals surface area (Å²) in [5, 5.41) is 6.53. The van der Waals surface area contributed by atoms with Crippen LogP contribution in [0.3, 0.4) is 0 Å². The standard InChI is InChI=1S/C21H23ClN4OS/c1-11-12(2)28-19-17(11)18(14-5-7-16(22)8-6-14)23-21(9-15(21)10-27-4)20-25-24-13(3)26(19)20/h5-8,15,20,25H,9-10H2,1-4H3/t15-,20?,21-/m0/s1. The second-order valence-corrected chi connectivity index (χ2v) is 9.48. The number of amidine groups is 1. The number of rotatable bonds is 3. The highest BCUT2D eigenvalue weighted by molar-refractivity contribution is 7.17. The molecule has 3 aliphatic rings. The molecule has 1 fully saturated rings. The lowest BCUT2D eigenvalue weighted by atomic mass is 9.99. The number of aliphatic imine (C=N–C) groups is 1. The van der Waals surface area contributed by atoms with Crippen LogP contribution in [-0.4, -0.2) is 37.0 Å². The second-order valence-electron chi connectivity index (χ2n) is 7.84. The smallest absolute Gasteiger partial charge is 0.147 e. The molecule has 0 saturated heterocycles. The van der Waals surface area contributed by atoms with Crippen molar-refractivity contribution in [2.24, 2.45) is 16.0 Å². The van der Waals surface area contributed by atoms with Crippen LogP contribution in [0.15, 0.2) is 34.4 Å². The maximum absolute atomic E-state index is 6.16. The van der Waals surface area contributed by atoms with Gasteiger partial charge in [-0.15, -0.1) is 11.3 Å². The van der Waals surface area contributed by atoms with Crippen molar-refractivity contribution in [3.05, 3.63) is 50.9 Å². The van der Waals surface area contributed by atoms with Crippen molar-refractivity contribution in [3.8, 4) is 0 Å². The quantitative estimate of drug-likeness (QED) is 0.812. The lowest BCUT2D eigenvalue weighted by Gasteiger charge is -2.29. The number of thiophene rings is 1. The minimum Gasteiger partial charge on any atom is -0.384 e. The van der Waals surface area contributed by atoms with Gasteiger partial charge in [-0.2, -0.15) is 5.10 Å². The Morgan fingerprint density at radius 2 is 2.04 bits per heavy atom. The fourth-order valence-corrected chi connectivity index (χ4v) is 5.82. The van der Waals surface area contributed by atoms with E-state index in [1.54, 1.807) is 7.11 Å². The molecule has 0 radical (unpaired) electrons. The number of hydrogen-bond donors (Lipinski definition) is 1. The van der Waals surface area contributed by atoms with Crippen molar-refractivity contribution in [1.82, 2.24) is 5.43 Å². The summed E-state index contributed by atoms with van der Waals surface area (Å²) in [6, 6.07) is 8.03. The summed E-state index contributed by atoms with van der Waals surface area (Å²) in [7, 11) is 1.76. The van der Waals surface area contributed by atoms with Crippen LogP contribution >= 0.6 is 22.9 Å². The summed E-state index contributed by atoms with van der Waals surface area (Å²) >= 11 is 7.98. The number of hydrogen-bond acceptors (Lipinski definition) is 6. The maximum Gasteiger partial charge on any atom is 0.147 e. The molecule has 1 aliphatic carbocycles. The van der Waals surface area contributed by atoms with Gasteiger partial charge < -0.3 is 4.74 Å². The van der Waals surface area contributed by atoms with Crippen molar-refractivity contribution in [2.45, 2.75) is 38.9 Å². The number of aryl methyl sites for hydroxylation is 1. The molecule has 0 bridgehead atoms. The number of methoxy groups -OCH3 is 1. The zero-order valence-electron chi connectivity index (χ0n) is 16.4. The van der Waals surface area contributed by atoms with Crippen LogP contribution in [0.1, 0.15) is 34.9 Å². The van der Waals surface area contributed by atoms with Gasteiger partial charge in [-0.1, -0.05) is 23.7 Å². The molecular weight excluding hydrogens is 392 g/mol. The predicted octanol–water partition coefficient (Wildman–Crippen LogP) is 4.34. The fraction of sp³-hybridized carbons (Fsp3) is 0.429. The number of hydrazone groups is 1. The average Bonchev–Trinajstić information content (AvgIpc) is 3.12. The van der Waals surface area contributed by atoms with E-state index in [1.807, 2.05) is 23.5 Å². The van der Waals surface area contributed by atoms with Crippen molar-refractivity contribution < 1.29 is 4.74 Å². The second kappa shape index (κ2) is 6.31. The summed E-state index contributed by atoms with van der Waals surface area (Å²) in [6.07, 6.45) is 1.01. The molecule has 7 heteroatoms. The van der Waals surface area contributed by atoms with E-state index in [0.717, 1.165) is 28.6 Å². The Hall–Kier alpha value is -1.89. The Morgan fingerprint density at radius 3 is 2.75 bits per heavy atom. The predicted molar refractivity (Wildman–Crippen MR) is 116 cm³/mol. The summed E-state index contributed by atoms with van der Waals surface area (Å²) in [5.74, 6) is 1.36. The van der Waals surface area contributed by atoms with Gasteiger partial charge in [0.05, 0.1) is 12.3 Å². The van der Waals surface area contributed by atoms with Gasteiger partial charge in [0, 0.05) is 34.1 Å². The molecule has 3 atom stereocenters. The van der Waals surface area contributed by atoms with Gasteiger partial charge >= 0.3 is 0 Å². The normalized spacial score (nSPS) is 27.7. The molecule has 1 unspecified atom stereocenters. The monoisotopic (exact) mass is 414 g/mol. The van der Waals surface area contributed by atoms with E-state index in [1.165, 1.54) is 21.0 Å². The van der Waals surface area contributed by atoms with Crippen molar-refractivity contribution in [3.63, 3.8) is 0 Å². The number of ether oxygens (including phenoxy) is 1. The molecular formula is C21H23ClN4OS. The molecule has 1 N–H and O–H groups in total. The lowest BCUT2D eigenvalue weighted by molar-refractivity contribution is 0.175. The molecule has 2 aliphatic heterocycles. The summed E-state index contributed by atoms with van der Waals surface area (Å²) in [6.45, 7) is 7.14. The van der Waals surface area contributed by atoms with E-state index in [0.29, 0.717) is 12.5 Å². The van der Waals surface area contributed by atoms with Gasteiger partial charge in [0.15, 0.2) is 0 Å². The molecule has 2 aromatic rings. The van der Waals surface area contributed by atoms with Crippen LogP contribution in [-0.2, 0) is 4.74 Å². The third-order valence-electron chi connectivity index (χ3n) is 6.18. The number of fused-ring (bicyclic) bond motifs is 4. The number of anilines is 1. The molecule has 3 heterocycles. The van der Waals surface area contributed by atoms with E-state index >= 15 is 0 Å². The first kappa shape index (κ1) is 18.2. The van der Waals surface area contributed by atoms with Gasteiger partial charge in [0.2, 0.25) is 0 Å². The van der Waals surface area contributed by atoms with E-state index < -0.39 is 0 Å². The summed E-state index contributed by atoms with van der Waals surface area (Å²) < 4.78 is 5.50. The van der Waals surface area contributed by atoms with E-state index in [4.69, 9.17) is 21.3 Å². The van der Waals surface area contributed by atoms with Crippen LogP contribution in [0.25, 0.3) is 0 Å². The number of benzene rings is 1. The van der Waals surface area contributed by atoms with Crippen molar-refractivity contribution in [2.75, 3.05) is 18.6 Å². The Balaban J connectivity index is 1.76. The maximum atomic E-state index is 6.16. The van der Waals surface area contributed by atoms with Gasteiger partial charge in [-0.3, -0.25) is 15.3 Å². The lowest BCUT2D eigenvalue weighted by Crippen LogP contribution is -2.49. The van der Waals surface area contributed by atoms with Gasteiger partial charge in [0.1, 0.15) is 22.5 Å². The first-order valence-electron chi connectivity index (χ1n) is 9.50. The number of nitrogens with zero attached hydrogens (tertiary/aromatic N) is 3. The van der Waals surface area contributed by atoms with Gasteiger partial charge in [0.25, 0.3) is 0 Å².